The van der Waals surface area contributed by atoms with Gasteiger partial charge in [-0.3, -0.25) is 4.79 Å². The van der Waals surface area contributed by atoms with E-state index in [4.69, 9.17) is 4.74 Å². The van der Waals surface area contributed by atoms with Crippen molar-refractivity contribution in [2.24, 2.45) is 11.3 Å². The molecule has 0 aromatic rings. The fourth-order valence-corrected chi connectivity index (χ4v) is 4.33. The summed E-state index contributed by atoms with van der Waals surface area (Å²) in [6.45, 7) is 0. The summed E-state index contributed by atoms with van der Waals surface area (Å²) in [6, 6.07) is 0. The third-order valence-electron chi connectivity index (χ3n) is 4.19. The predicted octanol–water partition coefficient (Wildman–Crippen LogP) is 3.64. The molecule has 17 heavy (non-hydrogen) atoms. The molecule has 2 aliphatic carbocycles. The van der Waals surface area contributed by atoms with Gasteiger partial charge in [0.1, 0.15) is 0 Å². The second-order valence-electron chi connectivity index (χ2n) is 5.77. The predicted molar refractivity (Wildman–Crippen MR) is 72.2 cm³/mol. The monoisotopic (exact) mass is 256 g/mol. The van der Waals surface area contributed by atoms with Crippen LogP contribution in [0.4, 0.5) is 0 Å². The summed E-state index contributed by atoms with van der Waals surface area (Å²) in [5.41, 5.74) is 0.312. The van der Waals surface area contributed by atoms with Crippen molar-refractivity contribution in [1.29, 1.82) is 0 Å². The number of ether oxygens (including phenoxy) is 1. The van der Waals surface area contributed by atoms with E-state index in [2.05, 4.69) is 11.8 Å². The van der Waals surface area contributed by atoms with Crippen LogP contribution in [0.5, 0.6) is 0 Å². The van der Waals surface area contributed by atoms with E-state index in [0.29, 0.717) is 11.8 Å². The molecule has 3 heteroatoms. The number of hydrogen-bond donors (Lipinski definition) is 0. The Bertz CT molecular complexity index is 255. The molecule has 0 aliphatic heterocycles. The SMILES string of the molecule is COC(=O)CC1(CSCC2CCCCC2)CC1. The summed E-state index contributed by atoms with van der Waals surface area (Å²) in [7, 11) is 1.49. The lowest BCUT2D eigenvalue weighted by atomic mass is 9.91. The van der Waals surface area contributed by atoms with E-state index < -0.39 is 0 Å². The van der Waals surface area contributed by atoms with E-state index >= 15 is 0 Å². The first-order valence-electron chi connectivity index (χ1n) is 6.89. The minimum Gasteiger partial charge on any atom is -0.469 e. The molecule has 2 rings (SSSR count). The van der Waals surface area contributed by atoms with E-state index in [0.717, 1.165) is 5.92 Å². The van der Waals surface area contributed by atoms with Gasteiger partial charge in [-0.1, -0.05) is 19.3 Å². The van der Waals surface area contributed by atoms with Gasteiger partial charge in [0.2, 0.25) is 0 Å². The molecule has 0 radical (unpaired) electrons. The number of thioether (sulfide) groups is 1. The maximum Gasteiger partial charge on any atom is 0.306 e. The van der Waals surface area contributed by atoms with Crippen molar-refractivity contribution < 1.29 is 9.53 Å². The van der Waals surface area contributed by atoms with E-state index in [1.807, 2.05) is 0 Å². The Balaban J connectivity index is 1.62. The van der Waals surface area contributed by atoms with Crippen molar-refractivity contribution >= 4 is 17.7 Å². The molecule has 2 fully saturated rings. The van der Waals surface area contributed by atoms with Gasteiger partial charge in [-0.2, -0.15) is 11.8 Å². The molecule has 0 amide bonds. The average molecular weight is 256 g/mol. The quantitative estimate of drug-likeness (QED) is 0.679. The van der Waals surface area contributed by atoms with E-state index in [9.17, 15) is 4.79 Å². The highest BCUT2D eigenvalue weighted by Gasteiger charge is 2.44. The lowest BCUT2D eigenvalue weighted by Gasteiger charge is -2.22. The third kappa shape index (κ3) is 4.20. The van der Waals surface area contributed by atoms with Gasteiger partial charge in [0, 0.05) is 0 Å². The first kappa shape index (κ1) is 13.3. The fourth-order valence-electron chi connectivity index (χ4n) is 2.72. The highest BCUT2D eigenvalue weighted by molar-refractivity contribution is 7.99. The first-order chi connectivity index (χ1) is 8.24. The summed E-state index contributed by atoms with van der Waals surface area (Å²) in [5.74, 6) is 3.39. The molecule has 0 spiro atoms. The van der Waals surface area contributed by atoms with Crippen molar-refractivity contribution in [2.45, 2.75) is 51.4 Å². The minimum atomic E-state index is -0.0271. The molecule has 2 nitrogen and oxygen atoms in total. The Labute approximate surface area is 109 Å². The topological polar surface area (TPSA) is 26.3 Å². The Morgan fingerprint density at radius 1 is 1.29 bits per heavy atom. The van der Waals surface area contributed by atoms with E-state index in [1.165, 1.54) is 63.6 Å². The highest BCUT2D eigenvalue weighted by atomic mass is 32.2. The van der Waals surface area contributed by atoms with Crippen LogP contribution in [0.3, 0.4) is 0 Å². The van der Waals surface area contributed by atoms with Gasteiger partial charge in [0.05, 0.1) is 13.5 Å². The Kier molecular flexibility index (Phi) is 4.78. The van der Waals surface area contributed by atoms with Crippen LogP contribution in [0.2, 0.25) is 0 Å². The summed E-state index contributed by atoms with van der Waals surface area (Å²) in [4.78, 5) is 11.3. The average Bonchev–Trinajstić information content (AvgIpc) is 3.10. The molecule has 98 valence electrons. The largest absolute Gasteiger partial charge is 0.469 e. The second-order valence-corrected chi connectivity index (χ2v) is 6.80. The van der Waals surface area contributed by atoms with Gasteiger partial charge in [-0.15, -0.1) is 0 Å². The molecular weight excluding hydrogens is 232 g/mol. The Hall–Kier alpha value is -0.180. The molecule has 2 aliphatic rings. The standard InChI is InChI=1S/C14H24O2S/c1-16-13(15)9-14(7-8-14)11-17-10-12-5-3-2-4-6-12/h12H,2-11H2,1H3. The molecule has 0 N–H and O–H groups in total. The third-order valence-corrected chi connectivity index (χ3v) is 5.71. The molecular formula is C14H24O2S. The maximum atomic E-state index is 11.3. The maximum absolute atomic E-state index is 11.3. The summed E-state index contributed by atoms with van der Waals surface area (Å²) < 4.78 is 4.77. The van der Waals surface area contributed by atoms with Gasteiger partial charge in [0.25, 0.3) is 0 Å². The van der Waals surface area contributed by atoms with Gasteiger partial charge < -0.3 is 4.74 Å². The van der Waals surface area contributed by atoms with Gasteiger partial charge in [0.15, 0.2) is 0 Å². The van der Waals surface area contributed by atoms with Crippen molar-refractivity contribution in [3.05, 3.63) is 0 Å². The van der Waals surface area contributed by atoms with Crippen molar-refractivity contribution in [3.63, 3.8) is 0 Å². The zero-order valence-corrected chi connectivity index (χ0v) is 11.7. The van der Waals surface area contributed by atoms with E-state index in [-0.39, 0.29) is 5.97 Å². The van der Waals surface area contributed by atoms with Crippen LogP contribution in [-0.4, -0.2) is 24.6 Å². The number of carbonyl (C=O) groups is 1. The summed E-state index contributed by atoms with van der Waals surface area (Å²) in [6.07, 6.45) is 10.2. The zero-order valence-electron chi connectivity index (χ0n) is 10.9. The van der Waals surface area contributed by atoms with Crippen molar-refractivity contribution in [1.82, 2.24) is 0 Å². The number of hydrogen-bond acceptors (Lipinski definition) is 3. The van der Waals surface area contributed by atoms with Crippen LogP contribution >= 0.6 is 11.8 Å². The van der Waals surface area contributed by atoms with Crippen LogP contribution in [0.1, 0.15) is 51.4 Å². The summed E-state index contributed by atoms with van der Waals surface area (Å²) in [5, 5.41) is 0. The smallest absolute Gasteiger partial charge is 0.306 e. The normalized spacial score (nSPS) is 23.4. The molecule has 0 unspecified atom stereocenters. The van der Waals surface area contributed by atoms with Crippen molar-refractivity contribution in [2.75, 3.05) is 18.6 Å². The lowest BCUT2D eigenvalue weighted by Crippen LogP contribution is -2.15. The molecule has 2 saturated carbocycles. The Morgan fingerprint density at radius 3 is 2.59 bits per heavy atom. The molecule has 0 aromatic carbocycles. The van der Waals surface area contributed by atoms with Crippen LogP contribution in [0.15, 0.2) is 0 Å². The molecule has 0 bridgehead atoms. The van der Waals surface area contributed by atoms with Crippen LogP contribution < -0.4 is 0 Å². The number of methoxy groups -OCH3 is 1. The lowest BCUT2D eigenvalue weighted by molar-refractivity contribution is -0.141. The van der Waals surface area contributed by atoms with Crippen LogP contribution in [0.25, 0.3) is 0 Å². The molecule has 0 aromatic heterocycles. The second kappa shape index (κ2) is 6.12. The number of carbonyl (C=O) groups excluding carboxylic acids is 1. The Morgan fingerprint density at radius 2 is 2.00 bits per heavy atom. The van der Waals surface area contributed by atoms with E-state index in [1.54, 1.807) is 0 Å². The van der Waals surface area contributed by atoms with Gasteiger partial charge in [-0.05, 0) is 48.5 Å². The molecule has 0 heterocycles. The van der Waals surface area contributed by atoms with Gasteiger partial charge >= 0.3 is 5.97 Å². The fraction of sp³-hybridized carbons (Fsp3) is 0.929. The minimum absolute atomic E-state index is 0.0271. The van der Waals surface area contributed by atoms with Gasteiger partial charge in [-0.25, -0.2) is 0 Å². The molecule has 0 saturated heterocycles. The summed E-state index contributed by atoms with van der Waals surface area (Å²) >= 11 is 2.07. The highest BCUT2D eigenvalue weighted by Crippen LogP contribution is 2.51. The zero-order chi connectivity index (χ0) is 12.1. The number of esters is 1. The van der Waals surface area contributed by atoms with Crippen LogP contribution in [-0.2, 0) is 9.53 Å². The number of rotatable bonds is 6. The first-order valence-corrected chi connectivity index (χ1v) is 8.04. The molecule has 0 atom stereocenters. The van der Waals surface area contributed by atoms with Crippen LogP contribution in [0, 0.1) is 11.3 Å². The van der Waals surface area contributed by atoms with Crippen molar-refractivity contribution in [3.8, 4) is 0 Å².